The predicted molar refractivity (Wildman–Crippen MR) is 610 cm³/mol. The molecule has 0 aliphatic carbocycles. The van der Waals surface area contributed by atoms with E-state index >= 15 is 0 Å². The Morgan fingerprint density at radius 2 is 0.727 bits per heavy atom. The minimum absolute atomic E-state index is 0.00317. The molecule has 16 saturated heterocycles. The highest BCUT2D eigenvalue weighted by atomic mass is 16.5. The molecule has 16 aliphatic heterocycles. The lowest BCUT2D eigenvalue weighted by molar-refractivity contribution is -0.923. The summed E-state index contributed by atoms with van der Waals surface area (Å²) in [5.74, 6) is 0.278. The maximum atomic E-state index is 11.8. The van der Waals surface area contributed by atoms with Crippen LogP contribution in [0.2, 0.25) is 0 Å². The molecule has 1 atom stereocenters. The van der Waals surface area contributed by atoms with Crippen LogP contribution < -0.4 is 44.2 Å². The molecule has 0 unspecified atom stereocenters. The molecule has 31 heteroatoms. The quantitative estimate of drug-likeness (QED) is 0.0194. The number of carbonyl (C=O) groups is 2. The number of quaternary nitrogens is 2. The van der Waals surface area contributed by atoms with E-state index in [1.54, 1.807) is 6.92 Å². The van der Waals surface area contributed by atoms with E-state index < -0.39 is 0 Å². The van der Waals surface area contributed by atoms with Crippen molar-refractivity contribution in [1.82, 2.24) is 105 Å². The van der Waals surface area contributed by atoms with Gasteiger partial charge in [-0.05, 0) is 450 Å². The van der Waals surface area contributed by atoms with E-state index in [0.29, 0.717) is 30.7 Å². The van der Waals surface area contributed by atoms with Crippen LogP contribution in [0, 0.1) is 5.41 Å². The normalized spacial score (nSPS) is 24.9. The van der Waals surface area contributed by atoms with Crippen LogP contribution in [0.25, 0.3) is 0 Å². The molecular formula is C112H238N28O3+2. The first-order valence-electron chi connectivity index (χ1n) is 58.5. The fourth-order valence-corrected chi connectivity index (χ4v) is 23.0. The molecule has 0 aromatic carbocycles. The maximum Gasteiger partial charge on any atom is 0.237 e. The first-order chi connectivity index (χ1) is 68.2. The lowest BCUT2D eigenvalue weighted by atomic mass is 10.0. The third-order valence-corrected chi connectivity index (χ3v) is 34.3. The van der Waals surface area contributed by atoms with E-state index in [1.807, 2.05) is 11.9 Å². The molecule has 143 heavy (non-hydrogen) atoms. The van der Waals surface area contributed by atoms with Crippen LogP contribution in [0.5, 0.6) is 0 Å². The molecule has 2 amide bonds. The molecular weight excluding hydrogens is 1790 g/mol. The highest BCUT2D eigenvalue weighted by Crippen LogP contribution is 2.29. The van der Waals surface area contributed by atoms with Crippen LogP contribution in [-0.2, 0) is 14.3 Å². The Balaban J connectivity index is 0.000000276. The fourth-order valence-electron chi connectivity index (χ4n) is 23.0. The number of ether oxygens (including phenoxy) is 1. The number of carbonyl (C=O) groups excluding carboxylic acids is 2. The molecule has 842 valence electrons. The molecule has 0 saturated carbocycles. The minimum Gasteiger partial charge on any atom is -0.379 e. The van der Waals surface area contributed by atoms with Crippen LogP contribution in [0.15, 0.2) is 11.6 Å². The number of hydrogen-bond donors (Lipinski definition) is 9. The SMILES string of the molecule is CC(=O)NC1CCN(C)CC1.CC(C)=CCNC1CCN(C)CC1.CCNC1CCN(C)CC1.CN1CCC(N(C)C(=N)N)CC1.CN1CCC(N(C)C)CC1.CN1CCC(N)CC1.CN1CCC(N2CCCC2)CC1.CN1CCC(N2CCCCC2)CC1.CN1CCC(N2CCOCC2)CC1.CN1CCC(NC(=O)[C@@H](N)CCCCN)CC1.CN1CCC([N+](C)(C)C)CC1.CN1CCC([N+]2(C)CCCC2)CC1. The second kappa shape index (κ2) is 74.9. The van der Waals surface area contributed by atoms with Gasteiger partial charge in [0.25, 0.3) is 0 Å². The van der Waals surface area contributed by atoms with E-state index in [9.17, 15) is 9.59 Å². The minimum atomic E-state index is -0.374. The second-order valence-corrected chi connectivity index (χ2v) is 48.2. The number of nitrogens with zero attached hydrogens (tertiary/aromatic N) is 19. The summed E-state index contributed by atoms with van der Waals surface area (Å²) in [7, 11) is 41.9. The van der Waals surface area contributed by atoms with E-state index in [1.165, 1.54) is 328 Å². The number of likely N-dealkylation sites (tertiary alicyclic amines) is 15. The number of amides is 2. The zero-order valence-corrected chi connectivity index (χ0v) is 97.8. The van der Waals surface area contributed by atoms with Gasteiger partial charge in [0, 0.05) is 159 Å². The van der Waals surface area contributed by atoms with Crippen molar-refractivity contribution < 1.29 is 23.3 Å². The molecule has 31 nitrogen and oxygen atoms in total. The van der Waals surface area contributed by atoms with Crippen molar-refractivity contribution in [2.45, 2.75) is 325 Å². The van der Waals surface area contributed by atoms with Crippen LogP contribution in [0.4, 0.5) is 0 Å². The number of nitrogens with two attached hydrogens (primary N) is 4. The molecule has 16 heterocycles. The predicted octanol–water partition coefficient (Wildman–Crippen LogP) is 8.05. The molecule has 16 aliphatic rings. The highest BCUT2D eigenvalue weighted by Gasteiger charge is 2.38. The number of piperidine rings is 13. The molecule has 0 aromatic heterocycles. The Morgan fingerprint density at radius 3 is 1.06 bits per heavy atom. The van der Waals surface area contributed by atoms with E-state index in [4.69, 9.17) is 33.1 Å². The molecule has 0 aromatic rings. The zero-order valence-electron chi connectivity index (χ0n) is 97.8. The van der Waals surface area contributed by atoms with Crippen LogP contribution in [0.3, 0.4) is 0 Å². The van der Waals surface area contributed by atoms with Gasteiger partial charge in [-0.15, -0.1) is 0 Å². The van der Waals surface area contributed by atoms with Gasteiger partial charge in [0.05, 0.1) is 72.6 Å². The van der Waals surface area contributed by atoms with Crippen LogP contribution in [-0.4, -0.2) is 565 Å². The van der Waals surface area contributed by atoms with Gasteiger partial charge in [0.1, 0.15) is 0 Å². The number of hydrogen-bond acceptors (Lipinski definition) is 25. The van der Waals surface area contributed by atoms with Gasteiger partial charge in [-0.3, -0.25) is 19.9 Å². The van der Waals surface area contributed by atoms with E-state index in [0.717, 1.165) is 189 Å². The summed E-state index contributed by atoms with van der Waals surface area (Å²) in [5.41, 5.74) is 23.7. The summed E-state index contributed by atoms with van der Waals surface area (Å²) >= 11 is 0. The van der Waals surface area contributed by atoms with Crippen LogP contribution >= 0.6 is 0 Å². The van der Waals surface area contributed by atoms with Crippen molar-refractivity contribution in [1.29, 1.82) is 5.41 Å². The fraction of sp³-hybridized carbons (Fsp3) is 0.955. The monoisotopic (exact) mass is 2020 g/mol. The van der Waals surface area contributed by atoms with Crippen LogP contribution in [0.1, 0.15) is 246 Å². The molecule has 0 spiro atoms. The highest BCUT2D eigenvalue weighted by molar-refractivity contribution is 5.81. The van der Waals surface area contributed by atoms with E-state index in [2.05, 4.69) is 253 Å². The first-order valence-corrected chi connectivity index (χ1v) is 58.5. The van der Waals surface area contributed by atoms with Gasteiger partial charge >= 0.3 is 0 Å². The van der Waals surface area contributed by atoms with Crippen molar-refractivity contribution in [2.24, 2.45) is 22.9 Å². The lowest BCUT2D eigenvalue weighted by Gasteiger charge is -2.42. The van der Waals surface area contributed by atoms with Gasteiger partial charge in [-0.25, -0.2) is 0 Å². The Kier molecular flexibility index (Phi) is 68.3. The van der Waals surface area contributed by atoms with Crippen molar-refractivity contribution >= 4 is 17.8 Å². The Morgan fingerprint density at radius 1 is 0.413 bits per heavy atom. The standard InChI is InChI=1S/C12H26N4O.C11H23N2.2C11H22N2.C10H20N2O.C10H20N2.C9H21N2.C8H18N4.C8H16N2O.2C8H18N2.C6H14N2/c1-16-8-5-10(6-9-16)15-12(17)11(14)4-2-3-7-13;1-12-7-5-11(6-8-12)13(2)9-3-4-10-13;1-12-9-5-11(6-10-12)13-7-3-2-4-8-13;1-10(2)4-7-12-11-5-8-13(3)9-6-11;1-11-4-2-10(3-5-11)12-6-8-13-9-7-12;1-11-8-4-10(5-9-11)12-6-2-3-7-12;1-10-7-5-9(6-8-10)11(2,3)4;1-11-5-3-7(4-6-11)12(2)8(9)10;1-7(11)9-8-3-5-10(2)6-4-8;1-9(2)8-4-6-10(3)7-5-8;1-3-9-8-4-6-10(2)7-5-8;1-8-4-2-6(7)3-5-8/h10-11H,2-9,13-14H2,1H3,(H,15,17);11H,3-10H2,1-2H3;11H,2-10H2,1H3;4,11-12H,5-9H2,1-3H3;10H,2-9H2,1H3;10H,2-9H2,1H3;9H,5-8H2,1-4H3;7H,3-6H2,1-2H3,(H3,9,10);8H,3-6H2,1-2H3,(H,9,11);8H,4-7H2,1-3H3;8-9H,3-7H2,1-2H3;6H,2-5,7H2,1H3/q;+1;;;;;+1;;;;;/t11-;;;;;;;;;;;/m0.........../s1. The number of allylic oxidation sites excluding steroid dienone is 1. The third-order valence-electron chi connectivity index (χ3n) is 34.3. The Labute approximate surface area is 881 Å². The average molecular weight is 2030 g/mol. The third kappa shape index (κ3) is 58.6. The summed E-state index contributed by atoms with van der Waals surface area (Å²) in [4.78, 5) is 63.4. The largest absolute Gasteiger partial charge is 0.379 e. The zero-order chi connectivity index (χ0) is 105. The van der Waals surface area contributed by atoms with E-state index in [-0.39, 0.29) is 23.8 Å². The van der Waals surface area contributed by atoms with Crippen molar-refractivity contribution in [3.63, 3.8) is 0 Å². The molecule has 16 fully saturated rings. The van der Waals surface area contributed by atoms with Gasteiger partial charge in [-0.2, -0.15) is 0 Å². The number of guanidine groups is 1. The number of nitrogens with one attached hydrogen (secondary N) is 5. The molecule has 13 N–H and O–H groups in total. The van der Waals surface area contributed by atoms with Gasteiger partial charge in [-0.1, -0.05) is 31.4 Å². The van der Waals surface area contributed by atoms with Crippen molar-refractivity contribution in [3.05, 3.63) is 11.6 Å². The average Bonchev–Trinajstić information content (AvgIpc) is 1.69. The number of rotatable bonds is 19. The van der Waals surface area contributed by atoms with Gasteiger partial charge in [0.2, 0.25) is 11.8 Å². The summed E-state index contributed by atoms with van der Waals surface area (Å²) in [6.07, 6.45) is 45.6. The molecule has 16 rings (SSSR count). The van der Waals surface area contributed by atoms with Gasteiger partial charge < -0.3 is 136 Å². The summed E-state index contributed by atoms with van der Waals surface area (Å²) in [6.45, 7) is 52.8. The summed E-state index contributed by atoms with van der Waals surface area (Å²) in [5, 5.41) is 20.3. The molecule has 0 bridgehead atoms. The smallest absolute Gasteiger partial charge is 0.237 e. The summed E-state index contributed by atoms with van der Waals surface area (Å²) in [6, 6.07) is 8.18. The molecule has 0 radical (unpaired) electrons. The lowest BCUT2D eigenvalue weighted by Crippen LogP contribution is -2.53. The van der Waals surface area contributed by atoms with Crippen molar-refractivity contribution in [3.8, 4) is 0 Å². The van der Waals surface area contributed by atoms with Gasteiger partial charge in [0.15, 0.2) is 5.96 Å². The number of unbranched alkanes of at least 4 members (excludes halogenated alkanes) is 1. The summed E-state index contributed by atoms with van der Waals surface area (Å²) < 4.78 is 7.88. The van der Waals surface area contributed by atoms with Crippen molar-refractivity contribution in [2.75, 3.05) is 376 Å². The Hall–Kier alpha value is -3.01. The topological polar surface area (TPSA) is 275 Å². The maximum absolute atomic E-state index is 11.8. The second-order valence-electron chi connectivity index (χ2n) is 48.2. The Bertz CT molecular complexity index is 3050. The number of morpholine rings is 1. The first kappa shape index (κ1) is 130.